The molecular weight excluding hydrogens is 282 g/mol. The zero-order chi connectivity index (χ0) is 15.5. The summed E-state index contributed by atoms with van der Waals surface area (Å²) < 4.78 is 10.6. The Kier molecular flexibility index (Phi) is 4.49. The Labute approximate surface area is 130 Å². The van der Waals surface area contributed by atoms with E-state index in [2.05, 4.69) is 17.3 Å². The number of amides is 1. The molecule has 0 aliphatic carbocycles. The van der Waals surface area contributed by atoms with Crippen molar-refractivity contribution in [2.24, 2.45) is 5.73 Å². The van der Waals surface area contributed by atoms with E-state index < -0.39 is 0 Å². The molecule has 0 unspecified atom stereocenters. The van der Waals surface area contributed by atoms with Gasteiger partial charge in [-0.25, -0.2) is 0 Å². The predicted octanol–water partition coefficient (Wildman–Crippen LogP) is 0.843. The summed E-state index contributed by atoms with van der Waals surface area (Å²) in [4.78, 5) is 14.4. The van der Waals surface area contributed by atoms with Crippen molar-refractivity contribution in [3.8, 4) is 11.5 Å². The molecule has 6 heteroatoms. The molecule has 1 aromatic carbocycles. The van der Waals surface area contributed by atoms with Crippen LogP contribution in [0.5, 0.6) is 11.5 Å². The summed E-state index contributed by atoms with van der Waals surface area (Å²) in [7, 11) is 2.06. The van der Waals surface area contributed by atoms with Crippen molar-refractivity contribution < 1.29 is 14.3 Å². The number of nitrogens with one attached hydrogen (secondary N) is 1. The molecule has 120 valence electrons. The molecule has 6 nitrogen and oxygen atoms in total. The van der Waals surface area contributed by atoms with E-state index in [1.54, 1.807) is 0 Å². The highest BCUT2D eigenvalue weighted by Gasteiger charge is 2.30. The molecule has 0 bridgehead atoms. The summed E-state index contributed by atoms with van der Waals surface area (Å²) in [6.45, 7) is 1.43. The quantitative estimate of drug-likeness (QED) is 0.843. The largest absolute Gasteiger partial charge is 0.454 e. The molecule has 2 aliphatic heterocycles. The summed E-state index contributed by atoms with van der Waals surface area (Å²) in [5.74, 6) is 1.58. The van der Waals surface area contributed by atoms with Crippen LogP contribution in [-0.4, -0.2) is 43.3 Å². The third-order valence-electron chi connectivity index (χ3n) is 4.60. The van der Waals surface area contributed by atoms with Gasteiger partial charge < -0.3 is 20.5 Å². The Hall–Kier alpha value is -1.79. The van der Waals surface area contributed by atoms with Crippen LogP contribution in [0.15, 0.2) is 18.2 Å². The summed E-state index contributed by atoms with van der Waals surface area (Å²) in [6, 6.07) is 6.44. The molecule has 2 aliphatic rings. The molecule has 0 spiro atoms. The zero-order valence-electron chi connectivity index (χ0n) is 12.9. The van der Waals surface area contributed by atoms with Crippen LogP contribution in [0.1, 0.15) is 24.8 Å². The van der Waals surface area contributed by atoms with E-state index >= 15 is 0 Å². The maximum absolute atomic E-state index is 12.1. The second-order valence-electron chi connectivity index (χ2n) is 5.95. The molecule has 3 rings (SSSR count). The van der Waals surface area contributed by atoms with E-state index in [1.165, 1.54) is 0 Å². The SMILES string of the molecule is CN1[C@@H](CN)CC[C@H]1CC(=O)NCc1ccc2c(c1)OCO2. The number of hydrogen-bond donors (Lipinski definition) is 2. The smallest absolute Gasteiger partial charge is 0.231 e. The number of fused-ring (bicyclic) bond motifs is 1. The monoisotopic (exact) mass is 305 g/mol. The third-order valence-corrected chi connectivity index (χ3v) is 4.60. The minimum absolute atomic E-state index is 0.0761. The first kappa shape index (κ1) is 15.1. The zero-order valence-corrected chi connectivity index (χ0v) is 12.9. The minimum Gasteiger partial charge on any atom is -0.454 e. The molecule has 1 saturated heterocycles. The molecule has 1 aromatic rings. The fourth-order valence-electron chi connectivity index (χ4n) is 3.16. The molecule has 0 aromatic heterocycles. The van der Waals surface area contributed by atoms with Crippen LogP contribution in [0.2, 0.25) is 0 Å². The highest BCUT2D eigenvalue weighted by atomic mass is 16.7. The fraction of sp³-hybridized carbons (Fsp3) is 0.562. The van der Waals surface area contributed by atoms with Crippen molar-refractivity contribution in [1.29, 1.82) is 0 Å². The predicted molar refractivity (Wildman–Crippen MR) is 82.7 cm³/mol. The molecule has 0 saturated carbocycles. The van der Waals surface area contributed by atoms with Gasteiger partial charge in [0.05, 0.1) is 0 Å². The van der Waals surface area contributed by atoms with E-state index in [1.807, 2.05) is 18.2 Å². The number of nitrogens with two attached hydrogens (primary N) is 1. The molecule has 3 N–H and O–H groups in total. The van der Waals surface area contributed by atoms with E-state index in [4.69, 9.17) is 15.2 Å². The molecule has 22 heavy (non-hydrogen) atoms. The number of nitrogens with zero attached hydrogens (tertiary/aromatic N) is 1. The second kappa shape index (κ2) is 6.54. The Balaban J connectivity index is 1.48. The van der Waals surface area contributed by atoms with E-state index in [-0.39, 0.29) is 12.7 Å². The van der Waals surface area contributed by atoms with Gasteiger partial charge in [0, 0.05) is 31.6 Å². The van der Waals surface area contributed by atoms with Gasteiger partial charge in [0.1, 0.15) is 0 Å². The number of benzene rings is 1. The molecular formula is C16H23N3O3. The normalized spacial score (nSPS) is 23.7. The number of carbonyl (C=O) groups excluding carboxylic acids is 1. The number of carbonyl (C=O) groups is 1. The number of rotatable bonds is 5. The standard InChI is InChI=1S/C16H23N3O3/c1-19-12(3-4-13(19)8-17)7-16(20)18-9-11-2-5-14-15(6-11)22-10-21-14/h2,5-6,12-13H,3-4,7-10,17H2,1H3,(H,18,20)/t12-,13+/m0/s1. The van der Waals surface area contributed by atoms with Crippen molar-refractivity contribution in [2.45, 2.75) is 37.9 Å². The van der Waals surface area contributed by atoms with Crippen LogP contribution < -0.4 is 20.5 Å². The van der Waals surface area contributed by atoms with Gasteiger partial charge in [-0.1, -0.05) is 6.07 Å². The van der Waals surface area contributed by atoms with Gasteiger partial charge in [0.2, 0.25) is 12.7 Å². The van der Waals surface area contributed by atoms with Gasteiger partial charge in [0.15, 0.2) is 11.5 Å². The maximum Gasteiger partial charge on any atom is 0.231 e. The van der Waals surface area contributed by atoms with Crippen molar-refractivity contribution >= 4 is 5.91 Å². The fourth-order valence-corrected chi connectivity index (χ4v) is 3.16. The van der Waals surface area contributed by atoms with Gasteiger partial charge >= 0.3 is 0 Å². The third kappa shape index (κ3) is 3.18. The average Bonchev–Trinajstić information content (AvgIpc) is 3.12. The first-order valence-corrected chi connectivity index (χ1v) is 7.74. The summed E-state index contributed by atoms with van der Waals surface area (Å²) in [5, 5.41) is 2.98. The van der Waals surface area contributed by atoms with Crippen molar-refractivity contribution in [3.05, 3.63) is 23.8 Å². The van der Waals surface area contributed by atoms with Crippen LogP contribution in [0.4, 0.5) is 0 Å². The van der Waals surface area contributed by atoms with E-state index in [9.17, 15) is 4.79 Å². The van der Waals surface area contributed by atoms with Gasteiger partial charge in [-0.05, 0) is 37.6 Å². The van der Waals surface area contributed by atoms with Crippen LogP contribution in [-0.2, 0) is 11.3 Å². The highest BCUT2D eigenvalue weighted by Crippen LogP contribution is 2.32. The number of ether oxygens (including phenoxy) is 2. The van der Waals surface area contributed by atoms with E-state index in [0.29, 0.717) is 31.6 Å². The van der Waals surface area contributed by atoms with E-state index in [0.717, 1.165) is 29.9 Å². The molecule has 1 fully saturated rings. The minimum atomic E-state index is 0.0761. The molecule has 2 heterocycles. The number of hydrogen-bond acceptors (Lipinski definition) is 5. The van der Waals surface area contributed by atoms with Gasteiger partial charge in [-0.15, -0.1) is 0 Å². The molecule has 0 radical (unpaired) electrons. The van der Waals surface area contributed by atoms with Gasteiger partial charge in [0.25, 0.3) is 0 Å². The topological polar surface area (TPSA) is 76.8 Å². The Morgan fingerprint density at radius 2 is 2.09 bits per heavy atom. The lowest BCUT2D eigenvalue weighted by Crippen LogP contribution is -2.39. The summed E-state index contributed by atoms with van der Waals surface area (Å²) >= 11 is 0. The first-order chi connectivity index (χ1) is 10.7. The van der Waals surface area contributed by atoms with Crippen molar-refractivity contribution in [1.82, 2.24) is 10.2 Å². The Bertz CT molecular complexity index is 549. The lowest BCUT2D eigenvalue weighted by Gasteiger charge is -2.24. The Morgan fingerprint density at radius 3 is 2.86 bits per heavy atom. The number of likely N-dealkylation sites (N-methyl/N-ethyl adjacent to an activating group) is 1. The molecule has 2 atom stereocenters. The van der Waals surface area contributed by atoms with Crippen LogP contribution >= 0.6 is 0 Å². The lowest BCUT2D eigenvalue weighted by molar-refractivity contribution is -0.122. The van der Waals surface area contributed by atoms with Crippen molar-refractivity contribution in [2.75, 3.05) is 20.4 Å². The summed E-state index contributed by atoms with van der Waals surface area (Å²) in [5.41, 5.74) is 6.74. The highest BCUT2D eigenvalue weighted by molar-refractivity contribution is 5.76. The van der Waals surface area contributed by atoms with Gasteiger partial charge in [-0.3, -0.25) is 9.69 Å². The van der Waals surface area contributed by atoms with Gasteiger partial charge in [-0.2, -0.15) is 0 Å². The van der Waals surface area contributed by atoms with Crippen LogP contribution in [0, 0.1) is 0 Å². The number of likely N-dealkylation sites (tertiary alicyclic amines) is 1. The Morgan fingerprint density at radius 1 is 1.32 bits per heavy atom. The van der Waals surface area contributed by atoms with Crippen LogP contribution in [0.3, 0.4) is 0 Å². The summed E-state index contributed by atoms with van der Waals surface area (Å²) in [6.07, 6.45) is 2.64. The maximum atomic E-state index is 12.1. The molecule has 1 amide bonds. The van der Waals surface area contributed by atoms with Crippen molar-refractivity contribution in [3.63, 3.8) is 0 Å². The lowest BCUT2D eigenvalue weighted by atomic mass is 10.1. The average molecular weight is 305 g/mol. The second-order valence-corrected chi connectivity index (χ2v) is 5.95. The first-order valence-electron chi connectivity index (χ1n) is 7.74. The van der Waals surface area contributed by atoms with Crippen LogP contribution in [0.25, 0.3) is 0 Å².